The maximum absolute atomic E-state index is 5.95. The molecule has 146 valence electrons. The zero-order valence-electron chi connectivity index (χ0n) is 17.1. The third kappa shape index (κ3) is 18.3. The van der Waals surface area contributed by atoms with Crippen LogP contribution in [0.5, 0.6) is 0 Å². The molecule has 0 unspecified atom stereocenters. The molecule has 0 atom stereocenters. The van der Waals surface area contributed by atoms with E-state index in [9.17, 15) is 0 Å². The summed E-state index contributed by atoms with van der Waals surface area (Å²) in [4.78, 5) is 0. The van der Waals surface area contributed by atoms with E-state index in [-0.39, 0.29) is 6.29 Å². The van der Waals surface area contributed by atoms with Crippen molar-refractivity contribution < 1.29 is 9.47 Å². The molecule has 0 heterocycles. The molecule has 0 aliphatic rings. The van der Waals surface area contributed by atoms with E-state index in [4.69, 9.17) is 9.47 Å². The topological polar surface area (TPSA) is 18.5 Å². The number of unbranched alkanes of at least 4 members (excludes halogenated alkanes) is 12. The molecule has 0 fully saturated rings. The number of hydrogen-bond donors (Lipinski definition) is 0. The van der Waals surface area contributed by atoms with E-state index in [1.54, 1.807) is 0 Å². The van der Waals surface area contributed by atoms with E-state index in [2.05, 4.69) is 20.8 Å². The van der Waals surface area contributed by atoms with E-state index in [1.807, 2.05) is 0 Å². The Bertz CT molecular complexity index is 198. The van der Waals surface area contributed by atoms with Crippen molar-refractivity contribution in [3.63, 3.8) is 0 Å². The van der Waals surface area contributed by atoms with Gasteiger partial charge in [0.1, 0.15) is 0 Å². The lowest BCUT2D eigenvalue weighted by atomic mass is 10.1. The standard InChI is InChI=1S/C22H46O2/c1-4-7-9-11-13-15-17-20-23-22(19-6-3)24-21-18-16-14-12-10-8-5-2/h22H,4-21H2,1-3H3. The van der Waals surface area contributed by atoms with Gasteiger partial charge in [-0.1, -0.05) is 104 Å². The molecule has 0 saturated heterocycles. The highest BCUT2D eigenvalue weighted by Gasteiger charge is 2.07. The van der Waals surface area contributed by atoms with Crippen molar-refractivity contribution in [1.82, 2.24) is 0 Å². The Kier molecular flexibility index (Phi) is 20.9. The summed E-state index contributed by atoms with van der Waals surface area (Å²) in [6.45, 7) is 8.49. The molecular formula is C22H46O2. The Morgan fingerprint density at radius 2 is 0.833 bits per heavy atom. The van der Waals surface area contributed by atoms with Gasteiger partial charge >= 0.3 is 0 Å². The normalized spacial score (nSPS) is 11.5. The van der Waals surface area contributed by atoms with Crippen LogP contribution in [-0.2, 0) is 9.47 Å². The predicted octanol–water partition coefficient (Wildman–Crippen LogP) is 7.65. The maximum atomic E-state index is 5.95. The van der Waals surface area contributed by atoms with Crippen molar-refractivity contribution in [2.45, 2.75) is 130 Å². The zero-order valence-corrected chi connectivity index (χ0v) is 17.1. The minimum Gasteiger partial charge on any atom is -0.353 e. The molecule has 2 nitrogen and oxygen atoms in total. The predicted molar refractivity (Wildman–Crippen MR) is 107 cm³/mol. The summed E-state index contributed by atoms with van der Waals surface area (Å²) in [6, 6.07) is 0. The summed E-state index contributed by atoms with van der Waals surface area (Å²) in [7, 11) is 0. The van der Waals surface area contributed by atoms with E-state index in [0.29, 0.717) is 0 Å². The van der Waals surface area contributed by atoms with Crippen LogP contribution in [-0.4, -0.2) is 19.5 Å². The van der Waals surface area contributed by atoms with Gasteiger partial charge in [-0.05, 0) is 19.3 Å². The lowest BCUT2D eigenvalue weighted by Crippen LogP contribution is -2.18. The molecule has 0 aliphatic heterocycles. The van der Waals surface area contributed by atoms with Gasteiger partial charge in [0.25, 0.3) is 0 Å². The molecule has 0 bridgehead atoms. The van der Waals surface area contributed by atoms with Crippen LogP contribution in [0.1, 0.15) is 124 Å². The maximum Gasteiger partial charge on any atom is 0.157 e. The summed E-state index contributed by atoms with van der Waals surface area (Å²) in [5.41, 5.74) is 0. The Balaban J connectivity index is 3.43. The summed E-state index contributed by atoms with van der Waals surface area (Å²) >= 11 is 0. The first kappa shape index (κ1) is 23.9. The van der Waals surface area contributed by atoms with Gasteiger partial charge in [-0.15, -0.1) is 0 Å². The number of hydrogen-bond acceptors (Lipinski definition) is 2. The lowest BCUT2D eigenvalue weighted by Gasteiger charge is -2.18. The molecule has 0 N–H and O–H groups in total. The minimum atomic E-state index is 0.0372. The van der Waals surface area contributed by atoms with Gasteiger partial charge in [-0.3, -0.25) is 0 Å². The van der Waals surface area contributed by atoms with Crippen molar-refractivity contribution in [2.24, 2.45) is 0 Å². The van der Waals surface area contributed by atoms with Crippen LogP contribution in [0, 0.1) is 0 Å². The molecule has 0 aromatic rings. The van der Waals surface area contributed by atoms with Crippen molar-refractivity contribution in [3.05, 3.63) is 0 Å². The van der Waals surface area contributed by atoms with Gasteiger partial charge in [0.05, 0.1) is 0 Å². The highest BCUT2D eigenvalue weighted by atomic mass is 16.7. The van der Waals surface area contributed by atoms with Crippen molar-refractivity contribution >= 4 is 0 Å². The summed E-state index contributed by atoms with van der Waals surface area (Å²) in [6.07, 6.45) is 20.9. The van der Waals surface area contributed by atoms with Crippen LogP contribution in [0.3, 0.4) is 0 Å². The van der Waals surface area contributed by atoms with E-state index < -0.39 is 0 Å². The number of ether oxygens (including phenoxy) is 2. The fourth-order valence-electron chi connectivity index (χ4n) is 3.00. The summed E-state index contributed by atoms with van der Waals surface area (Å²) in [5, 5.41) is 0. The van der Waals surface area contributed by atoms with Crippen molar-refractivity contribution in [2.75, 3.05) is 13.2 Å². The third-order valence-corrected chi connectivity index (χ3v) is 4.63. The Labute approximate surface area is 153 Å². The molecule has 0 aliphatic carbocycles. The van der Waals surface area contributed by atoms with E-state index in [1.165, 1.54) is 89.9 Å². The van der Waals surface area contributed by atoms with Gasteiger partial charge in [0.2, 0.25) is 0 Å². The minimum absolute atomic E-state index is 0.0372. The molecular weight excluding hydrogens is 296 g/mol. The largest absolute Gasteiger partial charge is 0.353 e. The SMILES string of the molecule is CCCCCCCCCOC(CCC)OCCCCCCCCC. The molecule has 24 heavy (non-hydrogen) atoms. The van der Waals surface area contributed by atoms with Crippen LogP contribution in [0.25, 0.3) is 0 Å². The molecule has 0 saturated carbocycles. The van der Waals surface area contributed by atoms with E-state index in [0.717, 1.165) is 26.1 Å². The van der Waals surface area contributed by atoms with Gasteiger partial charge in [0.15, 0.2) is 6.29 Å². The molecule has 0 rings (SSSR count). The first-order valence-corrected chi connectivity index (χ1v) is 11.1. The molecule has 0 aromatic carbocycles. The quantitative estimate of drug-likeness (QED) is 0.167. The zero-order chi connectivity index (χ0) is 17.7. The lowest BCUT2D eigenvalue weighted by molar-refractivity contribution is -0.147. The average molecular weight is 343 g/mol. The molecule has 0 radical (unpaired) electrons. The molecule has 0 amide bonds. The molecule has 0 aromatic heterocycles. The van der Waals surface area contributed by atoms with E-state index >= 15 is 0 Å². The fraction of sp³-hybridized carbons (Fsp3) is 1.00. The second-order valence-electron chi connectivity index (χ2n) is 7.20. The smallest absolute Gasteiger partial charge is 0.157 e. The van der Waals surface area contributed by atoms with Crippen LogP contribution >= 0.6 is 0 Å². The molecule has 0 spiro atoms. The fourth-order valence-corrected chi connectivity index (χ4v) is 3.00. The average Bonchev–Trinajstić information content (AvgIpc) is 2.59. The van der Waals surface area contributed by atoms with Gasteiger partial charge in [0, 0.05) is 13.2 Å². The van der Waals surface area contributed by atoms with Crippen LogP contribution in [0.2, 0.25) is 0 Å². The second kappa shape index (κ2) is 21.0. The van der Waals surface area contributed by atoms with Crippen LogP contribution in [0.15, 0.2) is 0 Å². The third-order valence-electron chi connectivity index (χ3n) is 4.63. The van der Waals surface area contributed by atoms with Crippen LogP contribution < -0.4 is 0 Å². The first-order valence-electron chi connectivity index (χ1n) is 11.1. The summed E-state index contributed by atoms with van der Waals surface area (Å²) in [5.74, 6) is 0. The summed E-state index contributed by atoms with van der Waals surface area (Å²) < 4.78 is 11.9. The van der Waals surface area contributed by atoms with Crippen LogP contribution in [0.4, 0.5) is 0 Å². The second-order valence-corrected chi connectivity index (χ2v) is 7.20. The Morgan fingerprint density at radius 3 is 1.21 bits per heavy atom. The molecule has 2 heteroatoms. The van der Waals surface area contributed by atoms with Crippen molar-refractivity contribution in [3.8, 4) is 0 Å². The highest BCUT2D eigenvalue weighted by molar-refractivity contribution is 4.49. The Hall–Kier alpha value is -0.0800. The van der Waals surface area contributed by atoms with Crippen molar-refractivity contribution in [1.29, 1.82) is 0 Å². The van der Waals surface area contributed by atoms with Gasteiger partial charge < -0.3 is 9.47 Å². The highest BCUT2D eigenvalue weighted by Crippen LogP contribution is 2.11. The van der Waals surface area contributed by atoms with Gasteiger partial charge in [-0.2, -0.15) is 0 Å². The monoisotopic (exact) mass is 342 g/mol. The number of rotatable bonds is 20. The first-order chi connectivity index (χ1) is 11.8. The Morgan fingerprint density at radius 1 is 0.458 bits per heavy atom. The van der Waals surface area contributed by atoms with Gasteiger partial charge in [-0.25, -0.2) is 0 Å².